The summed E-state index contributed by atoms with van der Waals surface area (Å²) in [6, 6.07) is 22.0. The Kier molecular flexibility index (Phi) is 7.60. The number of hydrogen-bond donors (Lipinski definition) is 2. The van der Waals surface area contributed by atoms with Crippen molar-refractivity contribution in [1.82, 2.24) is 15.6 Å². The number of halogens is 3. The van der Waals surface area contributed by atoms with Crippen molar-refractivity contribution in [1.29, 1.82) is 0 Å². The number of hydrogen-bond acceptors (Lipinski definition) is 4. The molecule has 2 N–H and O–H groups in total. The van der Waals surface area contributed by atoms with Gasteiger partial charge < -0.3 is 10.6 Å². The van der Waals surface area contributed by atoms with Gasteiger partial charge in [-0.3, -0.25) is 14.8 Å². The van der Waals surface area contributed by atoms with E-state index in [1.807, 2.05) is 60.7 Å². The fourth-order valence-electron chi connectivity index (χ4n) is 4.20. The number of rotatable bonds is 7. The Bertz CT molecular complexity index is 1100. The highest BCUT2D eigenvalue weighted by molar-refractivity contribution is 6.13. The van der Waals surface area contributed by atoms with Crippen molar-refractivity contribution < 1.29 is 18.0 Å². The van der Waals surface area contributed by atoms with E-state index in [0.29, 0.717) is 38.0 Å². The van der Waals surface area contributed by atoms with Gasteiger partial charge in [0.05, 0.1) is 17.7 Å². The largest absolute Gasteiger partial charge is 0.433 e. The first-order valence-electron chi connectivity index (χ1n) is 11.5. The molecule has 0 bridgehead atoms. The van der Waals surface area contributed by atoms with E-state index in [2.05, 4.69) is 15.6 Å². The van der Waals surface area contributed by atoms with Crippen LogP contribution in [0.25, 0.3) is 0 Å². The van der Waals surface area contributed by atoms with E-state index in [-0.39, 0.29) is 12.5 Å². The second-order valence-corrected chi connectivity index (χ2v) is 8.66. The summed E-state index contributed by atoms with van der Waals surface area (Å²) < 4.78 is 38.3. The zero-order valence-electron chi connectivity index (χ0n) is 19.2. The number of pyridine rings is 1. The second-order valence-electron chi connectivity index (χ2n) is 8.66. The Balaban J connectivity index is 1.54. The number of benzene rings is 2. The monoisotopic (exact) mass is 480 g/mol. The van der Waals surface area contributed by atoms with Crippen LogP contribution in [0.1, 0.15) is 35.2 Å². The minimum atomic E-state index is -4.49. The predicted molar refractivity (Wildman–Crippen MR) is 129 cm³/mol. The molecule has 0 atom stereocenters. The minimum absolute atomic E-state index is 0.104. The summed E-state index contributed by atoms with van der Waals surface area (Å²) in [5.74, 6) is -0.150. The van der Waals surface area contributed by atoms with Crippen LogP contribution in [0.2, 0.25) is 0 Å². The molecule has 1 fully saturated rings. The normalized spacial score (nSPS) is 15.3. The van der Waals surface area contributed by atoms with Crippen LogP contribution in [0.5, 0.6) is 0 Å². The van der Waals surface area contributed by atoms with Crippen LogP contribution >= 0.6 is 0 Å². The van der Waals surface area contributed by atoms with E-state index in [1.165, 1.54) is 6.07 Å². The lowest BCUT2D eigenvalue weighted by molar-refractivity contribution is -0.141. The molecule has 5 nitrogen and oxygen atoms in total. The Labute approximate surface area is 202 Å². The van der Waals surface area contributed by atoms with Gasteiger partial charge in [-0.25, -0.2) is 0 Å². The van der Waals surface area contributed by atoms with Gasteiger partial charge in [0, 0.05) is 23.9 Å². The van der Waals surface area contributed by atoms with Crippen molar-refractivity contribution in [2.75, 3.05) is 19.6 Å². The summed E-state index contributed by atoms with van der Waals surface area (Å²) in [7, 11) is 0. The fourth-order valence-corrected chi connectivity index (χ4v) is 4.20. The molecule has 1 aromatic heterocycles. The van der Waals surface area contributed by atoms with Gasteiger partial charge in [0.15, 0.2) is 0 Å². The lowest BCUT2D eigenvalue weighted by Crippen LogP contribution is -2.49. The molecule has 4 rings (SSSR count). The van der Waals surface area contributed by atoms with Crippen molar-refractivity contribution >= 4 is 11.6 Å². The summed E-state index contributed by atoms with van der Waals surface area (Å²) in [6.07, 6.45) is -2.11. The van der Waals surface area contributed by atoms with Crippen LogP contribution < -0.4 is 10.6 Å². The maximum absolute atomic E-state index is 13.4. The van der Waals surface area contributed by atoms with Crippen LogP contribution in [-0.2, 0) is 17.5 Å². The zero-order valence-corrected chi connectivity index (χ0v) is 19.2. The highest BCUT2D eigenvalue weighted by atomic mass is 19.4. The third kappa shape index (κ3) is 6.14. The van der Waals surface area contributed by atoms with Crippen molar-refractivity contribution in [3.05, 3.63) is 101 Å². The fraction of sp³-hybridized carbons (Fsp3) is 0.296. The van der Waals surface area contributed by atoms with E-state index in [1.54, 1.807) is 0 Å². The van der Waals surface area contributed by atoms with Gasteiger partial charge in [0.2, 0.25) is 5.91 Å². The SMILES string of the molecule is O=C(NCc1ccc(C(F)(F)F)nc1)C1(CN=C(c2ccccc2)c2ccccc2)CCNCC1. The summed E-state index contributed by atoms with van der Waals surface area (Å²) in [5.41, 5.74) is 1.61. The zero-order chi connectivity index (χ0) is 24.7. The van der Waals surface area contributed by atoms with Crippen molar-refractivity contribution in [2.24, 2.45) is 10.4 Å². The number of amides is 1. The molecule has 0 spiro atoms. The third-order valence-corrected chi connectivity index (χ3v) is 6.24. The quantitative estimate of drug-likeness (QED) is 0.485. The number of aromatic nitrogens is 1. The van der Waals surface area contributed by atoms with Gasteiger partial charge in [0.25, 0.3) is 0 Å². The van der Waals surface area contributed by atoms with E-state index >= 15 is 0 Å². The molecular formula is C27H27F3N4O. The van der Waals surface area contributed by atoms with Crippen LogP contribution in [-0.4, -0.2) is 36.2 Å². The third-order valence-electron chi connectivity index (χ3n) is 6.24. The average Bonchev–Trinajstić information content (AvgIpc) is 2.89. The molecule has 1 aliphatic rings. The number of piperidine rings is 1. The van der Waals surface area contributed by atoms with Crippen molar-refractivity contribution in [2.45, 2.75) is 25.6 Å². The molecule has 1 saturated heterocycles. The molecule has 35 heavy (non-hydrogen) atoms. The first-order chi connectivity index (χ1) is 16.9. The highest BCUT2D eigenvalue weighted by Gasteiger charge is 2.39. The number of carbonyl (C=O) groups excluding carboxylic acids is 1. The van der Waals surface area contributed by atoms with Gasteiger partial charge in [-0.15, -0.1) is 0 Å². The minimum Gasteiger partial charge on any atom is -0.351 e. The molecule has 2 heterocycles. The summed E-state index contributed by atoms with van der Waals surface area (Å²) in [5, 5.41) is 6.21. The molecule has 3 aromatic rings. The van der Waals surface area contributed by atoms with E-state index in [4.69, 9.17) is 4.99 Å². The topological polar surface area (TPSA) is 66.4 Å². The number of aliphatic imine (C=N–C) groups is 1. The molecule has 2 aromatic carbocycles. The smallest absolute Gasteiger partial charge is 0.351 e. The standard InChI is InChI=1S/C27H27F3N4O/c28-27(29,30)23-12-11-20(17-32-23)18-33-25(35)26(13-15-31-16-14-26)19-34-24(21-7-3-1-4-8-21)22-9-5-2-6-10-22/h1-12,17,31H,13-16,18-19H2,(H,33,35). The molecule has 182 valence electrons. The number of nitrogens with one attached hydrogen (secondary N) is 2. The van der Waals surface area contributed by atoms with E-state index < -0.39 is 17.3 Å². The van der Waals surface area contributed by atoms with E-state index in [9.17, 15) is 18.0 Å². The Hall–Kier alpha value is -3.52. The lowest BCUT2D eigenvalue weighted by atomic mass is 9.77. The molecule has 0 unspecified atom stereocenters. The van der Waals surface area contributed by atoms with Crippen molar-refractivity contribution in [3.63, 3.8) is 0 Å². The predicted octanol–water partition coefficient (Wildman–Crippen LogP) is 4.62. The summed E-state index contributed by atoms with van der Waals surface area (Å²) in [4.78, 5) is 21.8. The van der Waals surface area contributed by atoms with Crippen LogP contribution in [0.4, 0.5) is 13.2 Å². The lowest BCUT2D eigenvalue weighted by Gasteiger charge is -2.35. The first kappa shape index (κ1) is 24.6. The Morgan fingerprint density at radius 1 is 0.943 bits per heavy atom. The van der Waals surface area contributed by atoms with Gasteiger partial charge in [-0.1, -0.05) is 66.7 Å². The van der Waals surface area contributed by atoms with E-state index in [0.717, 1.165) is 29.1 Å². The molecule has 8 heteroatoms. The van der Waals surface area contributed by atoms with Gasteiger partial charge >= 0.3 is 6.18 Å². The average molecular weight is 481 g/mol. The molecular weight excluding hydrogens is 453 g/mol. The van der Waals surface area contributed by atoms with Crippen LogP contribution in [0.15, 0.2) is 84.0 Å². The number of alkyl halides is 3. The second kappa shape index (κ2) is 10.8. The molecule has 0 saturated carbocycles. The molecule has 0 radical (unpaired) electrons. The highest BCUT2D eigenvalue weighted by Crippen LogP contribution is 2.31. The Morgan fingerprint density at radius 2 is 1.54 bits per heavy atom. The van der Waals surface area contributed by atoms with Gasteiger partial charge in [-0.2, -0.15) is 13.2 Å². The maximum Gasteiger partial charge on any atom is 0.433 e. The van der Waals surface area contributed by atoms with Crippen LogP contribution in [0.3, 0.4) is 0 Å². The van der Waals surface area contributed by atoms with Gasteiger partial charge in [0.1, 0.15) is 5.69 Å². The van der Waals surface area contributed by atoms with Gasteiger partial charge in [-0.05, 0) is 37.6 Å². The maximum atomic E-state index is 13.4. The summed E-state index contributed by atoms with van der Waals surface area (Å²) in [6.45, 7) is 1.80. The van der Waals surface area contributed by atoms with Crippen molar-refractivity contribution in [3.8, 4) is 0 Å². The van der Waals surface area contributed by atoms with Crippen LogP contribution in [0, 0.1) is 5.41 Å². The number of nitrogens with zero attached hydrogens (tertiary/aromatic N) is 2. The molecule has 1 aliphatic heterocycles. The first-order valence-corrected chi connectivity index (χ1v) is 11.5. The molecule has 0 aliphatic carbocycles. The Morgan fingerprint density at radius 3 is 2.06 bits per heavy atom. The number of carbonyl (C=O) groups is 1. The summed E-state index contributed by atoms with van der Waals surface area (Å²) >= 11 is 0. The molecule has 1 amide bonds.